The summed E-state index contributed by atoms with van der Waals surface area (Å²) in [7, 11) is 0. The molecule has 4 aliphatic rings. The average molecular weight is 334 g/mol. The topological polar surface area (TPSA) is 65.1 Å². The normalized spacial score (nSPS) is 49.1. The number of hydrogen-bond acceptors (Lipinski definition) is 5. The van der Waals surface area contributed by atoms with Gasteiger partial charge in [0, 0.05) is 18.3 Å². The van der Waals surface area contributed by atoms with E-state index in [0.29, 0.717) is 6.42 Å². The number of hydrogen-bond donors (Lipinski definition) is 0. The molecule has 0 aromatic heterocycles. The summed E-state index contributed by atoms with van der Waals surface area (Å²) in [6.45, 7) is 11.9. The molecular formula is C19H26O5. The maximum Gasteiger partial charge on any atom is 0.309 e. The van der Waals surface area contributed by atoms with E-state index in [4.69, 9.17) is 14.2 Å². The first kappa shape index (κ1) is 16.1. The van der Waals surface area contributed by atoms with E-state index in [0.717, 1.165) is 12.0 Å². The molecule has 2 aliphatic heterocycles. The van der Waals surface area contributed by atoms with Crippen LogP contribution >= 0.6 is 0 Å². The van der Waals surface area contributed by atoms with Crippen LogP contribution in [0.15, 0.2) is 12.2 Å². The SMILES string of the molecule is C=C1CC(OC(=O)C(C)C)C2C(C)C(=O)OC2C2C1CC1OC12C. The van der Waals surface area contributed by atoms with Gasteiger partial charge in [0.1, 0.15) is 12.2 Å². The van der Waals surface area contributed by atoms with Crippen LogP contribution in [0.1, 0.15) is 40.5 Å². The van der Waals surface area contributed by atoms with Crippen LogP contribution in [0.2, 0.25) is 0 Å². The van der Waals surface area contributed by atoms with E-state index >= 15 is 0 Å². The molecule has 2 aliphatic carbocycles. The molecule has 8 atom stereocenters. The van der Waals surface area contributed by atoms with Crippen LogP contribution in [0, 0.1) is 29.6 Å². The quantitative estimate of drug-likeness (QED) is 0.441. The molecule has 2 saturated carbocycles. The number of carbonyl (C=O) groups excluding carboxylic acids is 2. The van der Waals surface area contributed by atoms with Crippen molar-refractivity contribution in [3.05, 3.63) is 12.2 Å². The van der Waals surface area contributed by atoms with Gasteiger partial charge >= 0.3 is 11.9 Å². The fourth-order valence-corrected chi connectivity index (χ4v) is 5.16. The molecule has 24 heavy (non-hydrogen) atoms. The van der Waals surface area contributed by atoms with Crippen molar-refractivity contribution in [1.29, 1.82) is 0 Å². The number of rotatable bonds is 2. The molecule has 5 nitrogen and oxygen atoms in total. The van der Waals surface area contributed by atoms with E-state index in [-0.39, 0.29) is 65.4 Å². The monoisotopic (exact) mass is 334 g/mol. The van der Waals surface area contributed by atoms with Crippen LogP contribution in [-0.2, 0) is 23.8 Å². The minimum absolute atomic E-state index is 0.119. The van der Waals surface area contributed by atoms with Crippen molar-refractivity contribution < 1.29 is 23.8 Å². The molecule has 0 aromatic carbocycles. The molecule has 0 bridgehead atoms. The summed E-state index contributed by atoms with van der Waals surface area (Å²) in [4.78, 5) is 24.5. The average Bonchev–Trinajstić information content (AvgIpc) is 2.97. The summed E-state index contributed by atoms with van der Waals surface area (Å²) in [5, 5.41) is 0. The van der Waals surface area contributed by atoms with Gasteiger partial charge in [0.15, 0.2) is 0 Å². The summed E-state index contributed by atoms with van der Waals surface area (Å²) in [5.74, 6) is -0.591. The molecule has 132 valence electrons. The van der Waals surface area contributed by atoms with Gasteiger partial charge in [0.2, 0.25) is 0 Å². The fourth-order valence-electron chi connectivity index (χ4n) is 5.16. The maximum atomic E-state index is 12.3. The van der Waals surface area contributed by atoms with E-state index in [1.54, 1.807) is 0 Å². The van der Waals surface area contributed by atoms with Crippen LogP contribution in [-0.4, -0.2) is 35.9 Å². The first-order valence-corrected chi connectivity index (χ1v) is 9.00. The third kappa shape index (κ3) is 2.10. The number of esters is 2. The summed E-state index contributed by atoms with van der Waals surface area (Å²) in [6.07, 6.45) is 1.20. The van der Waals surface area contributed by atoms with Gasteiger partial charge in [-0.25, -0.2) is 0 Å². The van der Waals surface area contributed by atoms with Gasteiger partial charge in [-0.15, -0.1) is 0 Å². The lowest BCUT2D eigenvalue weighted by atomic mass is 9.77. The Balaban J connectivity index is 1.69. The third-order valence-electron chi connectivity index (χ3n) is 6.63. The second kappa shape index (κ2) is 5.07. The van der Waals surface area contributed by atoms with Crippen LogP contribution in [0.4, 0.5) is 0 Å². The zero-order valence-corrected chi connectivity index (χ0v) is 14.8. The van der Waals surface area contributed by atoms with Gasteiger partial charge in [-0.2, -0.15) is 0 Å². The van der Waals surface area contributed by atoms with Gasteiger partial charge in [-0.1, -0.05) is 32.9 Å². The van der Waals surface area contributed by atoms with Crippen molar-refractivity contribution in [3.8, 4) is 0 Å². The van der Waals surface area contributed by atoms with Gasteiger partial charge < -0.3 is 14.2 Å². The molecule has 2 saturated heterocycles. The smallest absolute Gasteiger partial charge is 0.309 e. The standard InChI is InChI=1S/C19H26O5/c1-8(2)17(20)22-12-6-9(3)11-7-13-19(5,24-13)15(11)16-14(12)10(4)18(21)23-16/h8,10-16H,3,6-7H2,1-2,4-5H3. The summed E-state index contributed by atoms with van der Waals surface area (Å²) in [5.41, 5.74) is 0.883. The van der Waals surface area contributed by atoms with E-state index in [9.17, 15) is 9.59 Å². The largest absolute Gasteiger partial charge is 0.461 e. The Morgan fingerprint density at radius 2 is 2.12 bits per heavy atom. The second-order valence-electron chi connectivity index (χ2n) is 8.42. The van der Waals surface area contributed by atoms with Crippen LogP contribution in [0.5, 0.6) is 0 Å². The Morgan fingerprint density at radius 3 is 2.79 bits per heavy atom. The van der Waals surface area contributed by atoms with Crippen LogP contribution in [0.3, 0.4) is 0 Å². The lowest BCUT2D eigenvalue weighted by Crippen LogP contribution is -2.42. The Bertz CT molecular complexity index is 611. The first-order valence-electron chi connectivity index (χ1n) is 9.00. The molecule has 2 heterocycles. The first-order chi connectivity index (χ1) is 11.2. The van der Waals surface area contributed by atoms with Gasteiger partial charge in [-0.05, 0) is 19.3 Å². The fraction of sp³-hybridized carbons (Fsp3) is 0.789. The summed E-state index contributed by atoms with van der Waals surface area (Å²) >= 11 is 0. The lowest BCUT2D eigenvalue weighted by Gasteiger charge is -2.32. The Morgan fingerprint density at radius 1 is 1.42 bits per heavy atom. The Labute approximate surface area is 142 Å². The third-order valence-corrected chi connectivity index (χ3v) is 6.63. The molecule has 0 N–H and O–H groups in total. The number of epoxide rings is 1. The second-order valence-corrected chi connectivity index (χ2v) is 8.42. The number of fused-ring (bicyclic) bond motifs is 5. The molecule has 0 spiro atoms. The predicted octanol–water partition coefficient (Wildman–Crippen LogP) is 2.49. The summed E-state index contributed by atoms with van der Waals surface area (Å²) in [6, 6.07) is 0. The van der Waals surface area contributed by atoms with E-state index in [1.807, 2.05) is 20.8 Å². The van der Waals surface area contributed by atoms with Crippen molar-refractivity contribution in [2.24, 2.45) is 29.6 Å². The van der Waals surface area contributed by atoms with Crippen molar-refractivity contribution in [2.45, 2.75) is 64.4 Å². The zero-order chi connectivity index (χ0) is 17.4. The van der Waals surface area contributed by atoms with Crippen LogP contribution in [0.25, 0.3) is 0 Å². The van der Waals surface area contributed by atoms with Gasteiger partial charge in [0.25, 0.3) is 0 Å². The predicted molar refractivity (Wildman–Crippen MR) is 85.9 cm³/mol. The maximum absolute atomic E-state index is 12.3. The summed E-state index contributed by atoms with van der Waals surface area (Å²) < 4.78 is 17.5. The van der Waals surface area contributed by atoms with Crippen molar-refractivity contribution in [3.63, 3.8) is 0 Å². The molecular weight excluding hydrogens is 308 g/mol. The highest BCUT2D eigenvalue weighted by Gasteiger charge is 2.72. The molecule has 5 heteroatoms. The van der Waals surface area contributed by atoms with E-state index < -0.39 is 0 Å². The zero-order valence-electron chi connectivity index (χ0n) is 14.8. The highest BCUT2D eigenvalue weighted by atomic mass is 16.6. The molecule has 0 aromatic rings. The molecule has 4 fully saturated rings. The molecule has 8 unspecified atom stereocenters. The molecule has 0 amide bonds. The van der Waals surface area contributed by atoms with E-state index in [2.05, 4.69) is 13.5 Å². The number of carbonyl (C=O) groups is 2. The van der Waals surface area contributed by atoms with Crippen molar-refractivity contribution in [2.75, 3.05) is 0 Å². The van der Waals surface area contributed by atoms with E-state index in [1.165, 1.54) is 0 Å². The lowest BCUT2D eigenvalue weighted by molar-refractivity contribution is -0.157. The van der Waals surface area contributed by atoms with Crippen molar-refractivity contribution in [1.82, 2.24) is 0 Å². The highest BCUT2D eigenvalue weighted by molar-refractivity contribution is 5.76. The van der Waals surface area contributed by atoms with Crippen molar-refractivity contribution >= 4 is 11.9 Å². The number of ether oxygens (including phenoxy) is 3. The minimum atomic E-state index is -0.342. The molecule has 0 radical (unpaired) electrons. The minimum Gasteiger partial charge on any atom is -0.461 e. The molecule has 4 rings (SSSR count). The Hall–Kier alpha value is -1.36. The van der Waals surface area contributed by atoms with Gasteiger partial charge in [0.05, 0.1) is 23.5 Å². The Kier molecular flexibility index (Phi) is 3.41. The highest BCUT2D eigenvalue weighted by Crippen LogP contribution is 2.63. The van der Waals surface area contributed by atoms with Crippen LogP contribution < -0.4 is 0 Å². The van der Waals surface area contributed by atoms with Gasteiger partial charge in [-0.3, -0.25) is 9.59 Å².